The second-order valence-electron chi connectivity index (χ2n) is 5.57. The van der Waals surface area contributed by atoms with Crippen molar-refractivity contribution in [3.05, 3.63) is 54.1 Å². The summed E-state index contributed by atoms with van der Waals surface area (Å²) in [5.74, 6) is -1.34. The van der Waals surface area contributed by atoms with Crippen LogP contribution in [-0.2, 0) is 14.4 Å². The van der Waals surface area contributed by atoms with Gasteiger partial charge >= 0.3 is 5.97 Å². The predicted octanol–water partition coefficient (Wildman–Crippen LogP) is 3.70. The van der Waals surface area contributed by atoms with Crippen molar-refractivity contribution in [1.82, 2.24) is 5.06 Å². The summed E-state index contributed by atoms with van der Waals surface area (Å²) < 4.78 is 0. The van der Waals surface area contributed by atoms with Crippen LogP contribution in [0, 0.1) is 0 Å². The van der Waals surface area contributed by atoms with Gasteiger partial charge < -0.3 is 9.68 Å². The lowest BCUT2D eigenvalue weighted by atomic mass is 10.2. The fourth-order valence-corrected chi connectivity index (χ4v) is 2.23. The lowest BCUT2D eigenvalue weighted by Crippen LogP contribution is -2.32. The Kier molecular flexibility index (Phi) is 5.80. The first kappa shape index (κ1) is 18.8. The Morgan fingerprint density at radius 1 is 0.893 bits per heavy atom. The molecule has 0 aliphatic carbocycles. The van der Waals surface area contributed by atoms with E-state index in [4.69, 9.17) is 9.68 Å². The summed E-state index contributed by atoms with van der Waals surface area (Å²) in [6.07, 6.45) is 0.0858. The number of azo groups is 1. The Balaban J connectivity index is 1.60. The number of imide groups is 1. The molecule has 2 aromatic rings. The SMILES string of the molecule is CN=NOc1ccc(N=Nc2ccc(C(=O)ON3C(=O)CCC3=O)cc2)cc1. The van der Waals surface area contributed by atoms with Gasteiger partial charge in [-0.3, -0.25) is 9.59 Å². The molecule has 0 atom stereocenters. The third-order valence-electron chi connectivity index (χ3n) is 3.63. The van der Waals surface area contributed by atoms with E-state index in [0.717, 1.165) is 0 Å². The maximum atomic E-state index is 12.0. The molecule has 0 unspecified atom stereocenters. The Labute approximate surface area is 159 Å². The minimum absolute atomic E-state index is 0.0429. The molecule has 1 aliphatic heterocycles. The van der Waals surface area contributed by atoms with Gasteiger partial charge in [0.15, 0.2) is 5.75 Å². The molecule has 0 radical (unpaired) electrons. The summed E-state index contributed by atoms with van der Waals surface area (Å²) in [4.78, 5) is 44.8. The van der Waals surface area contributed by atoms with Crippen LogP contribution >= 0.6 is 0 Å². The molecule has 0 N–H and O–H groups in total. The molecule has 10 nitrogen and oxygen atoms in total. The molecule has 0 aromatic heterocycles. The van der Waals surface area contributed by atoms with Crippen LogP contribution in [0.15, 0.2) is 69.2 Å². The van der Waals surface area contributed by atoms with Crippen molar-refractivity contribution in [2.24, 2.45) is 20.6 Å². The molecular formula is C18H15N5O5. The van der Waals surface area contributed by atoms with Crippen LogP contribution in [0.1, 0.15) is 23.2 Å². The molecule has 1 aliphatic rings. The van der Waals surface area contributed by atoms with E-state index in [1.807, 2.05) is 0 Å². The van der Waals surface area contributed by atoms with Crippen LogP contribution in [0.4, 0.5) is 11.4 Å². The van der Waals surface area contributed by atoms with Gasteiger partial charge in [0.2, 0.25) is 0 Å². The smallest absolute Gasteiger partial charge is 0.340 e. The number of nitrogens with zero attached hydrogens (tertiary/aromatic N) is 5. The number of hydroxylamine groups is 2. The third kappa shape index (κ3) is 4.61. The number of amides is 2. The molecule has 0 bridgehead atoms. The number of hydrogen-bond donors (Lipinski definition) is 0. The van der Waals surface area contributed by atoms with Crippen LogP contribution < -0.4 is 4.84 Å². The molecule has 1 fully saturated rings. The van der Waals surface area contributed by atoms with E-state index in [1.165, 1.54) is 19.2 Å². The zero-order valence-corrected chi connectivity index (χ0v) is 14.8. The largest absolute Gasteiger partial charge is 0.363 e. The topological polar surface area (TPSA) is 122 Å². The lowest BCUT2D eigenvalue weighted by Gasteiger charge is -2.12. The van der Waals surface area contributed by atoms with Crippen molar-refractivity contribution in [3.8, 4) is 5.75 Å². The minimum atomic E-state index is -0.799. The van der Waals surface area contributed by atoms with Gasteiger partial charge in [0, 0.05) is 18.1 Å². The van der Waals surface area contributed by atoms with Gasteiger partial charge in [0.25, 0.3) is 11.8 Å². The zero-order chi connectivity index (χ0) is 19.9. The van der Waals surface area contributed by atoms with Gasteiger partial charge in [0.1, 0.15) is 0 Å². The summed E-state index contributed by atoms with van der Waals surface area (Å²) in [7, 11) is 1.50. The van der Waals surface area contributed by atoms with Crippen molar-refractivity contribution in [2.45, 2.75) is 12.8 Å². The van der Waals surface area contributed by atoms with E-state index in [0.29, 0.717) is 22.2 Å². The van der Waals surface area contributed by atoms with Crippen molar-refractivity contribution < 1.29 is 24.1 Å². The Hall–Kier alpha value is -3.95. The van der Waals surface area contributed by atoms with Crippen LogP contribution in [0.2, 0.25) is 0 Å². The minimum Gasteiger partial charge on any atom is -0.340 e. The normalized spacial score (nSPS) is 14.2. The van der Waals surface area contributed by atoms with Crippen molar-refractivity contribution >= 4 is 29.2 Å². The number of carbonyl (C=O) groups is 3. The van der Waals surface area contributed by atoms with Crippen LogP contribution in [0.5, 0.6) is 5.75 Å². The first-order valence-corrected chi connectivity index (χ1v) is 8.23. The molecule has 1 heterocycles. The van der Waals surface area contributed by atoms with Crippen molar-refractivity contribution in [1.29, 1.82) is 0 Å². The van der Waals surface area contributed by atoms with Gasteiger partial charge in [-0.15, -0.1) is 5.06 Å². The Morgan fingerprint density at radius 3 is 1.96 bits per heavy atom. The lowest BCUT2D eigenvalue weighted by molar-refractivity contribution is -0.172. The van der Waals surface area contributed by atoms with Crippen LogP contribution in [0.25, 0.3) is 0 Å². The fourth-order valence-electron chi connectivity index (χ4n) is 2.23. The molecule has 3 rings (SSSR count). The quantitative estimate of drug-likeness (QED) is 0.429. The van der Waals surface area contributed by atoms with E-state index in [9.17, 15) is 14.4 Å². The van der Waals surface area contributed by atoms with E-state index in [-0.39, 0.29) is 18.4 Å². The van der Waals surface area contributed by atoms with Crippen LogP contribution in [0.3, 0.4) is 0 Å². The van der Waals surface area contributed by atoms with Gasteiger partial charge in [-0.05, 0) is 48.5 Å². The molecular weight excluding hydrogens is 366 g/mol. The molecule has 142 valence electrons. The average Bonchev–Trinajstić information content (AvgIpc) is 3.04. The van der Waals surface area contributed by atoms with E-state index in [2.05, 4.69) is 20.6 Å². The van der Waals surface area contributed by atoms with Gasteiger partial charge in [-0.25, -0.2) is 4.79 Å². The Morgan fingerprint density at radius 2 is 1.43 bits per heavy atom. The molecule has 0 saturated carbocycles. The summed E-state index contributed by atoms with van der Waals surface area (Å²) in [5.41, 5.74) is 1.28. The average molecular weight is 381 g/mol. The summed E-state index contributed by atoms with van der Waals surface area (Å²) in [6.45, 7) is 0. The number of benzene rings is 2. The van der Waals surface area contributed by atoms with E-state index < -0.39 is 17.8 Å². The highest BCUT2D eigenvalue weighted by Gasteiger charge is 2.33. The fraction of sp³-hybridized carbons (Fsp3) is 0.167. The van der Waals surface area contributed by atoms with Gasteiger partial charge in [-0.1, -0.05) is 0 Å². The second kappa shape index (κ2) is 8.62. The zero-order valence-electron chi connectivity index (χ0n) is 14.8. The highest BCUT2D eigenvalue weighted by Crippen LogP contribution is 2.22. The number of carbonyl (C=O) groups excluding carboxylic acids is 3. The highest BCUT2D eigenvalue weighted by atomic mass is 16.7. The monoisotopic (exact) mass is 381 g/mol. The predicted molar refractivity (Wildman–Crippen MR) is 95.0 cm³/mol. The molecule has 10 heteroatoms. The summed E-state index contributed by atoms with van der Waals surface area (Å²) in [5, 5.41) is 15.5. The second-order valence-corrected chi connectivity index (χ2v) is 5.57. The number of hydrogen-bond acceptors (Lipinski definition) is 9. The van der Waals surface area contributed by atoms with Crippen molar-refractivity contribution in [2.75, 3.05) is 7.05 Å². The molecule has 28 heavy (non-hydrogen) atoms. The first-order valence-electron chi connectivity index (χ1n) is 8.23. The summed E-state index contributed by atoms with van der Waals surface area (Å²) >= 11 is 0. The highest BCUT2D eigenvalue weighted by molar-refractivity contribution is 6.02. The maximum absolute atomic E-state index is 12.0. The molecule has 2 amide bonds. The molecule has 1 saturated heterocycles. The maximum Gasteiger partial charge on any atom is 0.363 e. The molecule has 0 spiro atoms. The Bertz CT molecular complexity index is 922. The summed E-state index contributed by atoms with van der Waals surface area (Å²) in [6, 6.07) is 12.8. The van der Waals surface area contributed by atoms with E-state index >= 15 is 0 Å². The molecule has 2 aromatic carbocycles. The first-order chi connectivity index (χ1) is 13.6. The van der Waals surface area contributed by atoms with Crippen molar-refractivity contribution in [3.63, 3.8) is 0 Å². The van der Waals surface area contributed by atoms with Gasteiger partial charge in [0.05, 0.1) is 24.0 Å². The number of rotatable bonds is 6. The standard InChI is InChI=1S/C18H15N5O5/c1-19-22-27-15-8-6-14(7-9-15)21-20-13-4-2-12(3-5-13)18(26)28-23-16(24)10-11-17(23)25/h2-9H,10-11H2,1H3. The van der Waals surface area contributed by atoms with E-state index in [1.54, 1.807) is 36.4 Å². The third-order valence-corrected chi connectivity index (χ3v) is 3.63. The van der Waals surface area contributed by atoms with Gasteiger partial charge in [-0.2, -0.15) is 15.3 Å². The van der Waals surface area contributed by atoms with Crippen LogP contribution in [-0.4, -0.2) is 29.9 Å².